The fraction of sp³-hybridized carbons (Fsp3) is 0.600. The highest BCUT2D eigenvalue weighted by molar-refractivity contribution is 6.30. The average Bonchev–Trinajstić information content (AvgIpc) is 2.71. The summed E-state index contributed by atoms with van der Waals surface area (Å²) in [7, 11) is 2.18. The minimum Gasteiger partial charge on any atom is -0.309 e. The predicted octanol–water partition coefficient (Wildman–Crippen LogP) is 3.26. The van der Waals surface area contributed by atoms with E-state index in [2.05, 4.69) is 43.2 Å². The second-order valence-electron chi connectivity index (χ2n) is 5.46. The summed E-state index contributed by atoms with van der Waals surface area (Å²) in [6.45, 7) is 6.60. The van der Waals surface area contributed by atoms with Gasteiger partial charge in [0.1, 0.15) is 0 Å². The van der Waals surface area contributed by atoms with Crippen LogP contribution in [0.3, 0.4) is 0 Å². The van der Waals surface area contributed by atoms with Crippen LogP contribution in [0.25, 0.3) is 0 Å². The number of halogens is 1. The molecule has 0 radical (unpaired) electrons. The molecule has 0 spiro atoms. The molecular weight excluding hydrogens is 244 g/mol. The predicted molar refractivity (Wildman–Crippen MR) is 78.3 cm³/mol. The molecule has 1 N–H and O–H groups in total. The number of likely N-dealkylation sites (N-methyl/N-ethyl adjacent to an activating group) is 1. The van der Waals surface area contributed by atoms with Crippen molar-refractivity contribution in [3.8, 4) is 0 Å². The quantitative estimate of drug-likeness (QED) is 0.880. The Labute approximate surface area is 115 Å². The van der Waals surface area contributed by atoms with Crippen LogP contribution in [0.4, 0.5) is 0 Å². The lowest BCUT2D eigenvalue weighted by Crippen LogP contribution is -2.34. The van der Waals surface area contributed by atoms with E-state index in [1.165, 1.54) is 17.5 Å². The van der Waals surface area contributed by atoms with Crippen LogP contribution < -0.4 is 5.32 Å². The lowest BCUT2D eigenvalue weighted by molar-refractivity contribution is 0.269. The summed E-state index contributed by atoms with van der Waals surface area (Å²) in [5.41, 5.74) is 2.85. The fourth-order valence-corrected chi connectivity index (χ4v) is 2.67. The van der Waals surface area contributed by atoms with Crippen LogP contribution in [0.5, 0.6) is 0 Å². The Morgan fingerprint density at radius 2 is 2.22 bits per heavy atom. The zero-order valence-corrected chi connectivity index (χ0v) is 12.3. The van der Waals surface area contributed by atoms with Crippen LogP contribution in [-0.4, -0.2) is 31.1 Å². The molecule has 1 aliphatic rings. The molecule has 0 saturated carbocycles. The van der Waals surface area contributed by atoms with Crippen LogP contribution in [0, 0.1) is 0 Å². The van der Waals surface area contributed by atoms with Crippen molar-refractivity contribution in [3.05, 3.63) is 34.3 Å². The van der Waals surface area contributed by atoms with E-state index in [4.69, 9.17) is 11.6 Å². The van der Waals surface area contributed by atoms with E-state index >= 15 is 0 Å². The van der Waals surface area contributed by atoms with Crippen molar-refractivity contribution in [2.75, 3.05) is 20.1 Å². The van der Waals surface area contributed by atoms with Gasteiger partial charge in [-0.25, -0.2) is 0 Å². The average molecular weight is 267 g/mol. The Hall–Kier alpha value is -0.570. The summed E-state index contributed by atoms with van der Waals surface area (Å²) in [6, 6.07) is 7.41. The third-order valence-corrected chi connectivity index (χ3v) is 4.15. The molecule has 1 unspecified atom stereocenters. The van der Waals surface area contributed by atoms with Gasteiger partial charge in [0.05, 0.1) is 0 Å². The highest BCUT2D eigenvalue weighted by atomic mass is 35.5. The van der Waals surface area contributed by atoms with Crippen molar-refractivity contribution < 1.29 is 0 Å². The molecule has 3 heteroatoms. The number of nitrogens with zero attached hydrogens (tertiary/aromatic N) is 1. The molecule has 0 heterocycles. The van der Waals surface area contributed by atoms with Crippen molar-refractivity contribution in [2.45, 2.75) is 38.8 Å². The molecule has 0 aromatic heterocycles. The van der Waals surface area contributed by atoms with Gasteiger partial charge < -0.3 is 10.2 Å². The third kappa shape index (κ3) is 3.25. The number of hydrogen-bond acceptors (Lipinski definition) is 2. The number of aryl methyl sites for hydroxylation is 1. The van der Waals surface area contributed by atoms with Crippen LogP contribution >= 0.6 is 11.6 Å². The molecule has 1 aliphatic carbocycles. The van der Waals surface area contributed by atoms with Crippen molar-refractivity contribution in [2.24, 2.45) is 0 Å². The van der Waals surface area contributed by atoms with Crippen LogP contribution in [0.15, 0.2) is 18.2 Å². The van der Waals surface area contributed by atoms with E-state index in [0.717, 1.165) is 24.5 Å². The summed E-state index contributed by atoms with van der Waals surface area (Å²) in [5, 5.41) is 4.51. The fourth-order valence-electron chi connectivity index (χ4n) is 2.47. The Morgan fingerprint density at radius 1 is 1.44 bits per heavy atom. The lowest BCUT2D eigenvalue weighted by atomic mass is 10.1. The molecule has 0 bridgehead atoms. The summed E-state index contributed by atoms with van der Waals surface area (Å²) in [5.74, 6) is 0. The van der Waals surface area contributed by atoms with Gasteiger partial charge in [-0.15, -0.1) is 0 Å². The van der Waals surface area contributed by atoms with E-state index in [9.17, 15) is 0 Å². The Kier molecular flexibility index (Phi) is 4.66. The van der Waals surface area contributed by atoms with Gasteiger partial charge in [-0.1, -0.05) is 17.7 Å². The molecule has 1 aromatic rings. The number of rotatable bonds is 5. The molecule has 2 nitrogen and oxygen atoms in total. The minimum absolute atomic E-state index is 0.512. The van der Waals surface area contributed by atoms with Crippen molar-refractivity contribution in [1.82, 2.24) is 10.2 Å². The second-order valence-corrected chi connectivity index (χ2v) is 5.90. The van der Waals surface area contributed by atoms with E-state index < -0.39 is 0 Å². The Bertz CT molecular complexity index is 403. The van der Waals surface area contributed by atoms with E-state index in [-0.39, 0.29) is 0 Å². The molecule has 2 rings (SSSR count). The summed E-state index contributed by atoms with van der Waals surface area (Å²) in [4.78, 5) is 2.37. The first-order valence-corrected chi connectivity index (χ1v) is 7.17. The normalized spacial score (nSPS) is 18.7. The number of hydrogen-bond donors (Lipinski definition) is 1. The third-order valence-electron chi connectivity index (χ3n) is 3.92. The van der Waals surface area contributed by atoms with Gasteiger partial charge in [0.25, 0.3) is 0 Å². The molecule has 1 atom stereocenters. The van der Waals surface area contributed by atoms with E-state index in [1.807, 2.05) is 6.07 Å². The highest BCUT2D eigenvalue weighted by Gasteiger charge is 2.21. The summed E-state index contributed by atoms with van der Waals surface area (Å²) in [6.07, 6.45) is 2.34. The summed E-state index contributed by atoms with van der Waals surface area (Å²) >= 11 is 6.02. The molecular formula is C15H23ClN2. The molecule has 0 amide bonds. The van der Waals surface area contributed by atoms with Crippen molar-refractivity contribution >= 4 is 11.6 Å². The maximum Gasteiger partial charge on any atom is 0.0408 e. The van der Waals surface area contributed by atoms with Crippen LogP contribution in [0.2, 0.25) is 5.02 Å². The SMILES string of the molecule is CC(C)N(C)CCNC1CCc2cc(Cl)ccc21. The molecule has 0 saturated heterocycles. The van der Waals surface area contributed by atoms with Crippen LogP contribution in [-0.2, 0) is 6.42 Å². The van der Waals surface area contributed by atoms with Gasteiger partial charge >= 0.3 is 0 Å². The topological polar surface area (TPSA) is 15.3 Å². The van der Waals surface area contributed by atoms with Gasteiger partial charge in [0.2, 0.25) is 0 Å². The van der Waals surface area contributed by atoms with Gasteiger partial charge in [0.15, 0.2) is 0 Å². The first-order chi connectivity index (χ1) is 8.58. The molecule has 100 valence electrons. The first kappa shape index (κ1) is 13.9. The Morgan fingerprint density at radius 3 is 2.94 bits per heavy atom. The summed E-state index contributed by atoms with van der Waals surface area (Å²) < 4.78 is 0. The zero-order valence-electron chi connectivity index (χ0n) is 11.5. The first-order valence-electron chi connectivity index (χ1n) is 6.80. The minimum atomic E-state index is 0.512. The van der Waals surface area contributed by atoms with Gasteiger partial charge in [-0.2, -0.15) is 0 Å². The number of fused-ring (bicyclic) bond motifs is 1. The number of benzene rings is 1. The molecule has 0 aliphatic heterocycles. The van der Waals surface area contributed by atoms with E-state index in [0.29, 0.717) is 12.1 Å². The standard InChI is InChI=1S/C15H23ClN2/c1-11(2)18(3)9-8-17-15-7-4-12-10-13(16)5-6-14(12)15/h5-6,10-11,15,17H,4,7-9H2,1-3H3. The van der Waals surface area contributed by atoms with Crippen molar-refractivity contribution in [1.29, 1.82) is 0 Å². The van der Waals surface area contributed by atoms with Gasteiger partial charge in [-0.05, 0) is 57.0 Å². The van der Waals surface area contributed by atoms with E-state index in [1.54, 1.807) is 0 Å². The van der Waals surface area contributed by atoms with Gasteiger partial charge in [0, 0.05) is 30.2 Å². The van der Waals surface area contributed by atoms with Crippen LogP contribution in [0.1, 0.15) is 37.4 Å². The smallest absolute Gasteiger partial charge is 0.0408 e. The maximum atomic E-state index is 6.02. The number of nitrogens with one attached hydrogen (secondary N) is 1. The second kappa shape index (κ2) is 6.05. The maximum absolute atomic E-state index is 6.02. The highest BCUT2D eigenvalue weighted by Crippen LogP contribution is 2.32. The van der Waals surface area contributed by atoms with Gasteiger partial charge in [-0.3, -0.25) is 0 Å². The molecule has 0 fully saturated rings. The van der Waals surface area contributed by atoms with Crippen molar-refractivity contribution in [3.63, 3.8) is 0 Å². The zero-order chi connectivity index (χ0) is 13.1. The Balaban J connectivity index is 1.86. The lowest BCUT2D eigenvalue weighted by Gasteiger charge is -2.22. The monoisotopic (exact) mass is 266 g/mol. The molecule has 18 heavy (non-hydrogen) atoms. The largest absolute Gasteiger partial charge is 0.309 e. The molecule has 1 aromatic carbocycles.